The molecule has 0 radical (unpaired) electrons. The highest BCUT2D eigenvalue weighted by atomic mass is 35.5. The van der Waals surface area contributed by atoms with E-state index in [1.807, 2.05) is 24.3 Å². The molecule has 1 aliphatic heterocycles. The third-order valence-electron chi connectivity index (χ3n) is 3.34. The van der Waals surface area contributed by atoms with Gasteiger partial charge in [0.2, 0.25) is 5.91 Å². The van der Waals surface area contributed by atoms with Crippen molar-refractivity contribution in [1.82, 2.24) is 15.2 Å². The Hall–Kier alpha value is -1.21. The van der Waals surface area contributed by atoms with Gasteiger partial charge in [-0.25, -0.2) is 4.98 Å². The lowest BCUT2D eigenvalue weighted by molar-refractivity contribution is -0.117. The first-order valence-corrected chi connectivity index (χ1v) is 7.71. The summed E-state index contributed by atoms with van der Waals surface area (Å²) in [6.07, 6.45) is 1.09. The zero-order valence-corrected chi connectivity index (χ0v) is 13.3. The van der Waals surface area contributed by atoms with Gasteiger partial charge in [-0.2, -0.15) is 0 Å². The van der Waals surface area contributed by atoms with E-state index in [4.69, 9.17) is 0 Å². The number of thiazole rings is 1. The number of fused-ring (bicyclic) bond motifs is 1. The molecular weight excluding hydrogens is 308 g/mol. The number of nitrogens with one attached hydrogen (secondary N) is 2. The maximum Gasteiger partial charge on any atom is 0.240 e. The maximum absolute atomic E-state index is 12.1. The minimum absolute atomic E-state index is 0. The Morgan fingerprint density at radius 3 is 3.05 bits per heavy atom. The number of benzene rings is 1. The number of rotatable bonds is 3. The van der Waals surface area contributed by atoms with Gasteiger partial charge in [0.1, 0.15) is 0 Å². The number of anilines is 1. The van der Waals surface area contributed by atoms with E-state index in [9.17, 15) is 4.79 Å². The van der Waals surface area contributed by atoms with Crippen molar-refractivity contribution in [2.45, 2.75) is 6.42 Å². The molecule has 0 aliphatic carbocycles. The van der Waals surface area contributed by atoms with Gasteiger partial charge in [0.05, 0.1) is 16.8 Å². The number of carbonyl (C=O) groups is 1. The molecule has 0 atom stereocenters. The first-order valence-electron chi connectivity index (χ1n) is 6.90. The number of aromatic nitrogens is 1. The van der Waals surface area contributed by atoms with Gasteiger partial charge in [-0.05, 0) is 31.6 Å². The second-order valence-corrected chi connectivity index (χ2v) is 5.95. The summed E-state index contributed by atoms with van der Waals surface area (Å²) < 4.78 is 1.10. The van der Waals surface area contributed by atoms with E-state index in [1.165, 1.54) is 11.3 Å². The van der Waals surface area contributed by atoms with Crippen LogP contribution in [0.2, 0.25) is 0 Å². The van der Waals surface area contributed by atoms with Gasteiger partial charge < -0.3 is 10.6 Å². The van der Waals surface area contributed by atoms with Crippen molar-refractivity contribution in [2.24, 2.45) is 0 Å². The van der Waals surface area contributed by atoms with Gasteiger partial charge in [-0.15, -0.1) is 12.4 Å². The fourth-order valence-electron chi connectivity index (χ4n) is 2.35. The summed E-state index contributed by atoms with van der Waals surface area (Å²) in [6, 6.07) is 7.92. The second-order valence-electron chi connectivity index (χ2n) is 4.91. The molecule has 1 amide bonds. The lowest BCUT2D eigenvalue weighted by atomic mass is 10.3. The van der Waals surface area contributed by atoms with Gasteiger partial charge in [0.15, 0.2) is 5.13 Å². The van der Waals surface area contributed by atoms with Gasteiger partial charge in [0.25, 0.3) is 0 Å². The Kier molecular flexibility index (Phi) is 5.93. The van der Waals surface area contributed by atoms with Crippen molar-refractivity contribution < 1.29 is 4.79 Å². The maximum atomic E-state index is 12.1. The summed E-state index contributed by atoms with van der Waals surface area (Å²) >= 11 is 1.52. The predicted octanol–water partition coefficient (Wildman–Crippen LogP) is 1.95. The lowest BCUT2D eigenvalue weighted by Gasteiger charge is -2.17. The van der Waals surface area contributed by atoms with Crippen molar-refractivity contribution in [1.29, 1.82) is 0 Å². The molecule has 1 aliphatic rings. The van der Waals surface area contributed by atoms with Crippen LogP contribution >= 0.6 is 23.7 Å². The number of nitrogens with zero attached hydrogens (tertiary/aromatic N) is 2. The van der Waals surface area contributed by atoms with Crippen LogP contribution in [0.3, 0.4) is 0 Å². The van der Waals surface area contributed by atoms with Gasteiger partial charge in [-0.1, -0.05) is 23.5 Å². The van der Waals surface area contributed by atoms with E-state index >= 15 is 0 Å². The summed E-state index contributed by atoms with van der Waals surface area (Å²) in [6.45, 7) is 4.33. The van der Waals surface area contributed by atoms with E-state index in [2.05, 4.69) is 20.5 Å². The highest BCUT2D eigenvalue weighted by molar-refractivity contribution is 7.22. The molecule has 114 valence electrons. The molecule has 5 nitrogen and oxygen atoms in total. The van der Waals surface area contributed by atoms with Crippen LogP contribution in [0, 0.1) is 0 Å². The number of hydrogen-bond acceptors (Lipinski definition) is 5. The Labute approximate surface area is 134 Å². The van der Waals surface area contributed by atoms with Crippen LogP contribution < -0.4 is 10.6 Å². The molecule has 1 saturated heterocycles. The van der Waals surface area contributed by atoms with E-state index < -0.39 is 0 Å². The first kappa shape index (κ1) is 16.2. The molecule has 7 heteroatoms. The summed E-state index contributed by atoms with van der Waals surface area (Å²) in [5.74, 6) is 0.0194. The summed E-state index contributed by atoms with van der Waals surface area (Å²) in [5, 5.41) is 6.92. The zero-order valence-electron chi connectivity index (χ0n) is 11.7. The van der Waals surface area contributed by atoms with E-state index in [0.29, 0.717) is 11.7 Å². The largest absolute Gasteiger partial charge is 0.315 e. The Morgan fingerprint density at radius 1 is 1.33 bits per heavy atom. The van der Waals surface area contributed by atoms with Crippen molar-refractivity contribution in [3.05, 3.63) is 24.3 Å². The predicted molar refractivity (Wildman–Crippen MR) is 89.4 cm³/mol. The normalized spacial score (nSPS) is 16.2. The molecule has 21 heavy (non-hydrogen) atoms. The second kappa shape index (κ2) is 7.70. The number of para-hydroxylation sites is 1. The Bertz CT molecular complexity index is 562. The van der Waals surface area contributed by atoms with Crippen LogP contribution in [-0.4, -0.2) is 48.5 Å². The number of hydrogen-bond donors (Lipinski definition) is 2. The molecule has 0 bridgehead atoms. The van der Waals surface area contributed by atoms with Gasteiger partial charge >= 0.3 is 0 Å². The van der Waals surface area contributed by atoms with E-state index in [1.54, 1.807) is 0 Å². The number of carbonyl (C=O) groups excluding carboxylic acids is 1. The average Bonchev–Trinajstić information content (AvgIpc) is 2.66. The highest BCUT2D eigenvalue weighted by Crippen LogP contribution is 2.25. The fraction of sp³-hybridized carbons (Fsp3) is 0.429. The van der Waals surface area contributed by atoms with Crippen molar-refractivity contribution in [3.63, 3.8) is 0 Å². The summed E-state index contributed by atoms with van der Waals surface area (Å²) in [7, 11) is 0. The quantitative estimate of drug-likeness (QED) is 0.905. The van der Waals surface area contributed by atoms with Crippen LogP contribution in [0.15, 0.2) is 24.3 Å². The number of halogens is 1. The Balaban J connectivity index is 0.00000161. The smallest absolute Gasteiger partial charge is 0.240 e. The van der Waals surface area contributed by atoms with Gasteiger partial charge in [0, 0.05) is 13.1 Å². The van der Waals surface area contributed by atoms with Crippen molar-refractivity contribution in [2.75, 3.05) is 38.0 Å². The third-order valence-corrected chi connectivity index (χ3v) is 4.29. The first-order chi connectivity index (χ1) is 9.81. The third kappa shape index (κ3) is 4.38. The molecule has 1 fully saturated rings. The van der Waals surface area contributed by atoms with Crippen LogP contribution in [0.1, 0.15) is 6.42 Å². The fourth-order valence-corrected chi connectivity index (χ4v) is 3.23. The van der Waals surface area contributed by atoms with Gasteiger partial charge in [-0.3, -0.25) is 9.69 Å². The zero-order chi connectivity index (χ0) is 13.8. The molecule has 2 N–H and O–H groups in total. The summed E-state index contributed by atoms with van der Waals surface area (Å²) in [5.41, 5.74) is 0.937. The van der Waals surface area contributed by atoms with Crippen LogP contribution in [-0.2, 0) is 4.79 Å². The van der Waals surface area contributed by atoms with E-state index in [0.717, 1.165) is 42.8 Å². The lowest BCUT2D eigenvalue weighted by Crippen LogP contribution is -2.35. The average molecular weight is 327 g/mol. The van der Waals surface area contributed by atoms with Crippen LogP contribution in [0.25, 0.3) is 10.2 Å². The molecule has 2 heterocycles. The van der Waals surface area contributed by atoms with Crippen molar-refractivity contribution in [3.8, 4) is 0 Å². The topological polar surface area (TPSA) is 57.3 Å². The molecule has 1 aromatic carbocycles. The molecule has 2 aromatic rings. The van der Waals surface area contributed by atoms with Crippen molar-refractivity contribution >= 4 is 45.0 Å². The SMILES string of the molecule is Cl.O=C(CN1CCCNCC1)Nc1nc2ccccc2s1. The minimum atomic E-state index is 0. The molecule has 1 aromatic heterocycles. The number of amides is 1. The highest BCUT2D eigenvalue weighted by Gasteiger charge is 2.14. The van der Waals surface area contributed by atoms with E-state index in [-0.39, 0.29) is 18.3 Å². The molecular formula is C14H19ClN4OS. The summed E-state index contributed by atoms with van der Waals surface area (Å²) in [4.78, 5) is 18.7. The van der Waals surface area contributed by atoms with Crippen LogP contribution in [0.5, 0.6) is 0 Å². The standard InChI is InChI=1S/C14H18N4OS.ClH/c19-13(10-18-8-3-6-15-7-9-18)17-14-16-11-4-1-2-5-12(11)20-14;/h1-2,4-5,15H,3,6-10H2,(H,16,17,19);1H. The monoisotopic (exact) mass is 326 g/mol. The molecule has 0 unspecified atom stereocenters. The van der Waals surface area contributed by atoms with Crippen LogP contribution in [0.4, 0.5) is 5.13 Å². The Morgan fingerprint density at radius 2 is 2.19 bits per heavy atom. The molecule has 0 spiro atoms. The molecule has 3 rings (SSSR count). The molecule has 0 saturated carbocycles. The minimum Gasteiger partial charge on any atom is -0.315 e.